The molecule has 0 aliphatic heterocycles. The summed E-state index contributed by atoms with van der Waals surface area (Å²) in [6.07, 6.45) is 19.2. The van der Waals surface area contributed by atoms with Crippen LogP contribution < -0.4 is 21.9 Å². The number of rotatable bonds is 18. The minimum atomic E-state index is -0.749. The molecule has 2 aromatic rings. The summed E-state index contributed by atoms with van der Waals surface area (Å²) in [5.74, 6) is -1.49. The first-order valence-electron chi connectivity index (χ1n) is 14.5. The highest BCUT2D eigenvalue weighted by Gasteiger charge is 2.20. The van der Waals surface area contributed by atoms with E-state index in [2.05, 4.69) is 19.2 Å². The fourth-order valence-electron chi connectivity index (χ4n) is 4.49. The van der Waals surface area contributed by atoms with Crippen LogP contribution in [-0.4, -0.2) is 27.6 Å². The van der Waals surface area contributed by atoms with Gasteiger partial charge in [0.1, 0.15) is 16.8 Å². The lowest BCUT2D eigenvalue weighted by Gasteiger charge is -2.14. The molecule has 0 bridgehead atoms. The molecule has 2 rings (SSSR count). The van der Waals surface area contributed by atoms with Crippen LogP contribution in [0.2, 0.25) is 0 Å². The molecule has 0 unspecified atom stereocenters. The number of anilines is 2. The quantitative estimate of drug-likeness (QED) is 0.183. The van der Waals surface area contributed by atoms with Gasteiger partial charge in [-0.2, -0.15) is 0 Å². The van der Waals surface area contributed by atoms with Crippen molar-refractivity contribution in [3.63, 3.8) is 0 Å². The molecular weight excluding hydrogens is 496 g/mol. The Morgan fingerprint density at radius 3 is 1.79 bits per heavy atom. The first kappa shape index (κ1) is 31.9. The lowest BCUT2D eigenvalue weighted by molar-refractivity contribution is 0.0523. The van der Waals surface area contributed by atoms with Crippen molar-refractivity contribution < 1.29 is 14.3 Å². The Balaban J connectivity index is 2.22. The van der Waals surface area contributed by atoms with E-state index < -0.39 is 22.7 Å². The number of unbranched alkanes of at least 4 members (excludes halogenated alkanes) is 10. The number of nitrogens with one attached hydrogen (secondary N) is 1. The second-order valence-corrected chi connectivity index (χ2v) is 10.1. The summed E-state index contributed by atoms with van der Waals surface area (Å²) in [6, 6.07) is 0. The molecule has 0 spiro atoms. The van der Waals surface area contributed by atoms with Crippen molar-refractivity contribution in [3.05, 3.63) is 56.4 Å². The van der Waals surface area contributed by atoms with Gasteiger partial charge < -0.3 is 24.9 Å². The van der Waals surface area contributed by atoms with Crippen molar-refractivity contribution in [2.75, 3.05) is 17.7 Å². The van der Waals surface area contributed by atoms with E-state index in [1.165, 1.54) is 57.1 Å². The van der Waals surface area contributed by atoms with Gasteiger partial charge in [0.2, 0.25) is 10.9 Å². The molecule has 3 N–H and O–H groups in total. The van der Waals surface area contributed by atoms with Gasteiger partial charge in [-0.25, -0.2) is 4.79 Å². The predicted molar refractivity (Wildman–Crippen MR) is 156 cm³/mol. The van der Waals surface area contributed by atoms with Crippen molar-refractivity contribution in [2.24, 2.45) is 0 Å². The van der Waals surface area contributed by atoms with Crippen LogP contribution in [0, 0.1) is 0 Å². The van der Waals surface area contributed by atoms with Gasteiger partial charge in [-0.1, -0.05) is 78.1 Å². The SMILES string of the molecule is CCCCCCCCn1cc(N)c(=O)c(C(=O)Nc2cn(CCCCCCCC)cc(C(=O)OCC)c2=O)c1. The lowest BCUT2D eigenvalue weighted by Crippen LogP contribution is -2.29. The van der Waals surface area contributed by atoms with Crippen LogP contribution in [0.4, 0.5) is 11.4 Å². The summed E-state index contributed by atoms with van der Waals surface area (Å²) in [4.78, 5) is 51.4. The van der Waals surface area contributed by atoms with Gasteiger partial charge in [0, 0.05) is 37.9 Å². The van der Waals surface area contributed by atoms with Crippen LogP contribution >= 0.6 is 0 Å². The number of nitrogen functional groups attached to an aromatic ring is 1. The number of aromatic nitrogens is 2. The molecule has 216 valence electrons. The second-order valence-electron chi connectivity index (χ2n) is 10.1. The van der Waals surface area contributed by atoms with Gasteiger partial charge in [-0.05, 0) is 19.8 Å². The molecule has 0 saturated carbocycles. The van der Waals surface area contributed by atoms with Gasteiger partial charge in [-0.15, -0.1) is 0 Å². The van der Waals surface area contributed by atoms with E-state index >= 15 is 0 Å². The molecule has 0 aliphatic rings. The smallest absolute Gasteiger partial charge is 0.343 e. The Hall–Kier alpha value is -3.36. The summed E-state index contributed by atoms with van der Waals surface area (Å²) in [7, 11) is 0. The summed E-state index contributed by atoms with van der Waals surface area (Å²) < 4.78 is 8.53. The van der Waals surface area contributed by atoms with Gasteiger partial charge in [0.15, 0.2) is 0 Å². The molecule has 0 fully saturated rings. The highest BCUT2D eigenvalue weighted by Crippen LogP contribution is 2.12. The maximum absolute atomic E-state index is 13.2. The topological polar surface area (TPSA) is 125 Å². The van der Waals surface area contributed by atoms with Crippen molar-refractivity contribution in [1.82, 2.24) is 9.13 Å². The third-order valence-corrected chi connectivity index (χ3v) is 6.71. The van der Waals surface area contributed by atoms with Crippen LogP contribution in [0.3, 0.4) is 0 Å². The predicted octanol–water partition coefficient (Wildman–Crippen LogP) is 5.74. The fourth-order valence-corrected chi connectivity index (χ4v) is 4.49. The minimum absolute atomic E-state index is 0.0330. The number of carbonyl (C=O) groups is 2. The Kier molecular flexibility index (Phi) is 14.1. The molecule has 0 aromatic carbocycles. The van der Waals surface area contributed by atoms with Crippen molar-refractivity contribution in [1.29, 1.82) is 0 Å². The summed E-state index contributed by atoms with van der Waals surface area (Å²) in [5.41, 5.74) is 4.26. The van der Waals surface area contributed by atoms with Crippen LogP contribution in [-0.2, 0) is 17.8 Å². The number of hydrogen-bond acceptors (Lipinski definition) is 6. The summed E-state index contributed by atoms with van der Waals surface area (Å²) in [6.45, 7) is 7.32. The number of nitrogens with zero attached hydrogens (tertiary/aromatic N) is 2. The fraction of sp³-hybridized carbons (Fsp3) is 0.600. The van der Waals surface area contributed by atoms with Crippen LogP contribution in [0.5, 0.6) is 0 Å². The molecule has 9 nitrogen and oxygen atoms in total. The number of amides is 1. The zero-order chi connectivity index (χ0) is 28.6. The first-order chi connectivity index (χ1) is 18.8. The maximum atomic E-state index is 13.2. The lowest BCUT2D eigenvalue weighted by atomic mass is 10.1. The highest BCUT2D eigenvalue weighted by molar-refractivity contribution is 6.04. The van der Waals surface area contributed by atoms with Crippen molar-refractivity contribution in [3.8, 4) is 0 Å². The molecule has 1 amide bonds. The van der Waals surface area contributed by atoms with Gasteiger partial charge in [0.25, 0.3) is 5.91 Å². The van der Waals surface area contributed by atoms with E-state index in [0.29, 0.717) is 13.1 Å². The minimum Gasteiger partial charge on any atom is -0.462 e. The average Bonchev–Trinajstić information content (AvgIpc) is 2.91. The number of ether oxygens (including phenoxy) is 1. The summed E-state index contributed by atoms with van der Waals surface area (Å²) in [5, 5.41) is 2.56. The van der Waals surface area contributed by atoms with Crippen molar-refractivity contribution in [2.45, 2.75) is 111 Å². The van der Waals surface area contributed by atoms with E-state index in [1.54, 1.807) is 22.3 Å². The normalized spacial score (nSPS) is 10.9. The Morgan fingerprint density at radius 1 is 0.718 bits per heavy atom. The Labute approximate surface area is 231 Å². The highest BCUT2D eigenvalue weighted by atomic mass is 16.5. The molecule has 0 radical (unpaired) electrons. The van der Waals surface area contributed by atoms with Crippen LogP contribution in [0.15, 0.2) is 34.4 Å². The van der Waals surface area contributed by atoms with E-state index in [-0.39, 0.29) is 29.1 Å². The number of esters is 1. The molecule has 39 heavy (non-hydrogen) atoms. The van der Waals surface area contributed by atoms with Crippen LogP contribution in [0.25, 0.3) is 0 Å². The molecule has 9 heteroatoms. The number of aryl methyl sites for hydroxylation is 2. The van der Waals surface area contributed by atoms with Crippen LogP contribution in [0.1, 0.15) is 119 Å². The Bertz CT molecular complexity index is 1180. The zero-order valence-corrected chi connectivity index (χ0v) is 23.9. The maximum Gasteiger partial charge on any atom is 0.343 e. The second kappa shape index (κ2) is 17.3. The largest absolute Gasteiger partial charge is 0.462 e. The number of nitrogens with two attached hydrogens (primary N) is 1. The standard InChI is InChI=1S/C30H46N4O5/c1-4-7-9-11-13-15-17-33-19-23(27(35)25(31)21-33)29(37)32-26-22-34(18-16-14-12-10-8-5-2)20-24(28(26)36)30(38)39-6-3/h19-22H,4-18,31H2,1-3H3,(H,32,37). The number of hydrogen-bond donors (Lipinski definition) is 2. The van der Waals surface area contributed by atoms with Gasteiger partial charge in [0.05, 0.1) is 12.3 Å². The molecule has 0 saturated heterocycles. The van der Waals surface area contributed by atoms with Crippen molar-refractivity contribution >= 4 is 23.3 Å². The molecule has 0 aliphatic carbocycles. The average molecular weight is 543 g/mol. The molecule has 2 heterocycles. The third-order valence-electron chi connectivity index (χ3n) is 6.71. The monoisotopic (exact) mass is 542 g/mol. The van der Waals surface area contributed by atoms with Gasteiger partial charge in [-0.3, -0.25) is 14.4 Å². The molecular formula is C30H46N4O5. The van der Waals surface area contributed by atoms with E-state index in [9.17, 15) is 19.2 Å². The Morgan fingerprint density at radius 2 is 1.23 bits per heavy atom. The third kappa shape index (κ3) is 10.4. The number of carbonyl (C=O) groups excluding carboxylic acids is 2. The number of pyridine rings is 2. The molecule has 2 aromatic heterocycles. The first-order valence-corrected chi connectivity index (χ1v) is 14.5. The van der Waals surface area contributed by atoms with E-state index in [4.69, 9.17) is 10.5 Å². The zero-order valence-electron chi connectivity index (χ0n) is 23.9. The summed E-state index contributed by atoms with van der Waals surface area (Å²) >= 11 is 0. The molecule has 0 atom stereocenters. The van der Waals surface area contributed by atoms with Gasteiger partial charge >= 0.3 is 5.97 Å². The van der Waals surface area contributed by atoms with E-state index in [1.807, 2.05) is 0 Å². The van der Waals surface area contributed by atoms with E-state index in [0.717, 1.165) is 38.5 Å².